The van der Waals surface area contributed by atoms with Gasteiger partial charge in [0.15, 0.2) is 17.9 Å². The molecule has 0 aliphatic carbocycles. The second kappa shape index (κ2) is 4.06. The van der Waals surface area contributed by atoms with Crippen LogP contribution in [-0.2, 0) is 4.74 Å². The van der Waals surface area contributed by atoms with Crippen molar-refractivity contribution in [2.45, 2.75) is 25.5 Å². The Morgan fingerprint density at radius 2 is 2.33 bits per heavy atom. The van der Waals surface area contributed by atoms with Crippen LogP contribution in [0.2, 0.25) is 0 Å². The summed E-state index contributed by atoms with van der Waals surface area (Å²) >= 11 is 0. The fourth-order valence-corrected chi connectivity index (χ4v) is 1.99. The first-order valence-electron chi connectivity index (χ1n) is 5.12. The van der Waals surface area contributed by atoms with Gasteiger partial charge in [0.1, 0.15) is 0 Å². The Balaban J connectivity index is 2.12. The average Bonchev–Trinajstić information content (AvgIpc) is 2.84. The quantitative estimate of drug-likeness (QED) is 0.711. The van der Waals surface area contributed by atoms with Crippen LogP contribution in [-0.4, -0.2) is 32.1 Å². The first-order valence-corrected chi connectivity index (χ1v) is 5.12. The topological polar surface area (TPSA) is 42.7 Å². The van der Waals surface area contributed by atoms with Crippen molar-refractivity contribution in [2.75, 3.05) is 18.6 Å². The maximum atomic E-state index is 10.5. The Morgan fingerprint density at radius 1 is 1.53 bits per heavy atom. The zero-order chi connectivity index (χ0) is 10.8. The van der Waals surface area contributed by atoms with Gasteiger partial charge in [0.25, 0.3) is 0 Å². The maximum Gasteiger partial charge on any atom is 0.196 e. The molecule has 1 aromatic rings. The van der Waals surface area contributed by atoms with E-state index in [1.165, 1.54) is 0 Å². The normalized spacial score (nSPS) is 25.5. The first kappa shape index (κ1) is 10.2. The van der Waals surface area contributed by atoms with Crippen molar-refractivity contribution in [3.05, 3.63) is 17.9 Å². The summed E-state index contributed by atoms with van der Waals surface area (Å²) in [6.07, 6.45) is 1.92. The molecule has 2 unspecified atom stereocenters. The molecule has 1 aliphatic heterocycles. The lowest BCUT2D eigenvalue weighted by atomic mass is 10.1. The highest BCUT2D eigenvalue weighted by Gasteiger charge is 2.29. The molecule has 1 aliphatic rings. The fourth-order valence-electron chi connectivity index (χ4n) is 1.99. The van der Waals surface area contributed by atoms with Crippen molar-refractivity contribution in [3.63, 3.8) is 0 Å². The number of nitrogens with zero attached hydrogens (tertiary/aromatic N) is 1. The molecular weight excluding hydrogens is 194 g/mol. The van der Waals surface area contributed by atoms with E-state index in [0.29, 0.717) is 18.1 Å². The summed E-state index contributed by atoms with van der Waals surface area (Å²) < 4.78 is 10.8. The molecule has 0 saturated carbocycles. The highest BCUT2D eigenvalue weighted by Crippen LogP contribution is 2.25. The lowest BCUT2D eigenvalue weighted by molar-refractivity contribution is 0.110. The molecule has 2 rings (SSSR count). The van der Waals surface area contributed by atoms with Crippen molar-refractivity contribution in [1.29, 1.82) is 0 Å². The molecular formula is C11H15NO3. The molecule has 0 aromatic carbocycles. The monoisotopic (exact) mass is 209 g/mol. The molecule has 2 heterocycles. The molecule has 15 heavy (non-hydrogen) atoms. The zero-order valence-electron chi connectivity index (χ0n) is 8.97. The lowest BCUT2D eigenvalue weighted by Gasteiger charge is -2.26. The van der Waals surface area contributed by atoms with E-state index >= 15 is 0 Å². The van der Waals surface area contributed by atoms with Crippen LogP contribution in [0.4, 0.5) is 5.88 Å². The van der Waals surface area contributed by atoms with Gasteiger partial charge < -0.3 is 14.1 Å². The Hall–Kier alpha value is -1.29. The summed E-state index contributed by atoms with van der Waals surface area (Å²) in [5.41, 5.74) is 0. The third-order valence-corrected chi connectivity index (χ3v) is 2.91. The van der Waals surface area contributed by atoms with Crippen LogP contribution >= 0.6 is 0 Å². The van der Waals surface area contributed by atoms with Crippen molar-refractivity contribution in [1.82, 2.24) is 0 Å². The van der Waals surface area contributed by atoms with Gasteiger partial charge in [0, 0.05) is 19.7 Å². The van der Waals surface area contributed by atoms with Crippen molar-refractivity contribution in [2.24, 2.45) is 0 Å². The number of likely N-dealkylation sites (N-methyl/N-ethyl adjacent to an activating group) is 1. The van der Waals surface area contributed by atoms with E-state index in [1.54, 1.807) is 6.07 Å². The number of aldehydes is 1. The SMILES string of the molecule is CC1OCCC1N(C)c1ccc(C=O)o1. The second-order valence-electron chi connectivity index (χ2n) is 3.84. The molecule has 1 saturated heterocycles. The number of anilines is 1. The Kier molecular flexibility index (Phi) is 2.77. The van der Waals surface area contributed by atoms with Gasteiger partial charge in [0.2, 0.25) is 0 Å². The third-order valence-electron chi connectivity index (χ3n) is 2.91. The minimum absolute atomic E-state index is 0.208. The van der Waals surface area contributed by atoms with Crippen molar-refractivity contribution >= 4 is 12.2 Å². The molecule has 1 fully saturated rings. The van der Waals surface area contributed by atoms with Crippen LogP contribution < -0.4 is 4.90 Å². The average molecular weight is 209 g/mol. The summed E-state index contributed by atoms with van der Waals surface area (Å²) in [5.74, 6) is 1.09. The van der Waals surface area contributed by atoms with Gasteiger partial charge in [-0.05, 0) is 19.4 Å². The Labute approximate surface area is 88.8 Å². The zero-order valence-corrected chi connectivity index (χ0v) is 8.97. The molecule has 1 aromatic heterocycles. The van der Waals surface area contributed by atoms with Crippen LogP contribution in [0.15, 0.2) is 16.5 Å². The predicted molar refractivity (Wildman–Crippen MR) is 56.3 cm³/mol. The van der Waals surface area contributed by atoms with E-state index in [9.17, 15) is 4.79 Å². The van der Waals surface area contributed by atoms with Gasteiger partial charge >= 0.3 is 0 Å². The van der Waals surface area contributed by atoms with E-state index in [2.05, 4.69) is 6.92 Å². The van der Waals surface area contributed by atoms with Gasteiger partial charge in [-0.25, -0.2) is 0 Å². The molecule has 82 valence electrons. The van der Waals surface area contributed by atoms with Crippen LogP contribution in [0, 0.1) is 0 Å². The Morgan fingerprint density at radius 3 is 2.87 bits per heavy atom. The minimum atomic E-state index is 0.208. The number of carbonyl (C=O) groups excluding carboxylic acids is 1. The first-order chi connectivity index (χ1) is 7.22. The van der Waals surface area contributed by atoms with E-state index in [1.807, 2.05) is 18.0 Å². The number of ether oxygens (including phenoxy) is 1. The number of hydrogen-bond acceptors (Lipinski definition) is 4. The summed E-state index contributed by atoms with van der Waals surface area (Å²) in [5, 5.41) is 0. The summed E-state index contributed by atoms with van der Waals surface area (Å²) in [6, 6.07) is 3.82. The van der Waals surface area contributed by atoms with Crippen LogP contribution in [0.5, 0.6) is 0 Å². The van der Waals surface area contributed by atoms with Crippen LogP contribution in [0.1, 0.15) is 23.9 Å². The van der Waals surface area contributed by atoms with E-state index < -0.39 is 0 Å². The lowest BCUT2D eigenvalue weighted by Crippen LogP contribution is -2.36. The van der Waals surface area contributed by atoms with E-state index in [0.717, 1.165) is 18.9 Å². The van der Waals surface area contributed by atoms with Gasteiger partial charge in [-0.3, -0.25) is 4.79 Å². The van der Waals surface area contributed by atoms with Crippen LogP contribution in [0.25, 0.3) is 0 Å². The van der Waals surface area contributed by atoms with E-state index in [-0.39, 0.29) is 6.10 Å². The number of hydrogen-bond donors (Lipinski definition) is 0. The number of furan rings is 1. The predicted octanol–water partition coefficient (Wildman–Crippen LogP) is 1.71. The number of rotatable bonds is 3. The molecule has 0 bridgehead atoms. The molecule has 4 nitrogen and oxygen atoms in total. The smallest absolute Gasteiger partial charge is 0.196 e. The highest BCUT2D eigenvalue weighted by molar-refractivity contribution is 5.71. The van der Waals surface area contributed by atoms with Crippen LogP contribution in [0.3, 0.4) is 0 Å². The van der Waals surface area contributed by atoms with E-state index in [4.69, 9.17) is 9.15 Å². The minimum Gasteiger partial charge on any atom is -0.438 e. The molecule has 2 atom stereocenters. The molecule has 0 radical (unpaired) electrons. The summed E-state index contributed by atoms with van der Waals surface area (Å²) in [6.45, 7) is 2.84. The maximum absolute atomic E-state index is 10.5. The fraction of sp³-hybridized carbons (Fsp3) is 0.545. The van der Waals surface area contributed by atoms with Gasteiger partial charge in [-0.2, -0.15) is 0 Å². The summed E-state index contributed by atoms with van der Waals surface area (Å²) in [7, 11) is 1.96. The molecule has 0 N–H and O–H groups in total. The molecule has 4 heteroatoms. The van der Waals surface area contributed by atoms with Gasteiger partial charge in [0.05, 0.1) is 12.1 Å². The third kappa shape index (κ3) is 1.90. The second-order valence-corrected chi connectivity index (χ2v) is 3.84. The van der Waals surface area contributed by atoms with Gasteiger partial charge in [-0.1, -0.05) is 0 Å². The van der Waals surface area contributed by atoms with Crippen molar-refractivity contribution < 1.29 is 13.9 Å². The Bertz CT molecular complexity index is 347. The van der Waals surface area contributed by atoms with Gasteiger partial charge in [-0.15, -0.1) is 0 Å². The highest BCUT2D eigenvalue weighted by atomic mass is 16.5. The van der Waals surface area contributed by atoms with Crippen molar-refractivity contribution in [3.8, 4) is 0 Å². The largest absolute Gasteiger partial charge is 0.438 e. The standard InChI is InChI=1S/C11H15NO3/c1-8-10(5-6-14-8)12(2)11-4-3-9(7-13)15-11/h3-4,7-8,10H,5-6H2,1-2H3. The molecule has 0 spiro atoms. The molecule has 0 amide bonds. The number of carbonyl (C=O) groups is 1. The summed E-state index contributed by atoms with van der Waals surface area (Å²) in [4.78, 5) is 12.5.